The van der Waals surface area contributed by atoms with E-state index in [1.807, 2.05) is 90.5 Å². The maximum Gasteiger partial charge on any atom is 0.227 e. The fourth-order valence-corrected chi connectivity index (χ4v) is 4.52. The first kappa shape index (κ1) is 21.7. The summed E-state index contributed by atoms with van der Waals surface area (Å²) < 4.78 is 7.21. The largest absolute Gasteiger partial charge is 0.497 e. The maximum atomic E-state index is 13.4. The van der Waals surface area contributed by atoms with Gasteiger partial charge in [-0.3, -0.25) is 9.59 Å². The first-order valence-corrected chi connectivity index (χ1v) is 11.3. The van der Waals surface area contributed by atoms with E-state index < -0.39 is 12.0 Å². The molecule has 4 aromatic rings. The van der Waals surface area contributed by atoms with Crippen LogP contribution in [0.2, 0.25) is 0 Å². The van der Waals surface area contributed by atoms with Crippen LogP contribution in [0.15, 0.2) is 78.9 Å². The Morgan fingerprint density at radius 1 is 1.03 bits per heavy atom. The van der Waals surface area contributed by atoms with Gasteiger partial charge in [0.15, 0.2) is 0 Å². The lowest BCUT2D eigenvalue weighted by atomic mass is 10.0. The average molecular weight is 455 g/mol. The van der Waals surface area contributed by atoms with Gasteiger partial charge >= 0.3 is 0 Å². The number of anilines is 1. The number of nitrogens with one attached hydrogen (secondary N) is 1. The van der Waals surface area contributed by atoms with E-state index in [4.69, 9.17) is 9.72 Å². The monoisotopic (exact) mass is 454 g/mol. The van der Waals surface area contributed by atoms with Gasteiger partial charge in [-0.25, -0.2) is 4.98 Å². The lowest BCUT2D eigenvalue weighted by molar-refractivity contribution is -0.126. The number of ether oxygens (including phenoxy) is 1. The number of para-hydroxylation sites is 2. The van der Waals surface area contributed by atoms with Gasteiger partial charge in [0.2, 0.25) is 11.8 Å². The second-order valence-electron chi connectivity index (χ2n) is 8.47. The summed E-state index contributed by atoms with van der Waals surface area (Å²) in [4.78, 5) is 32.6. The van der Waals surface area contributed by atoms with Gasteiger partial charge in [0.05, 0.1) is 24.1 Å². The lowest BCUT2D eigenvalue weighted by Gasteiger charge is -2.21. The number of hydrogen-bond acceptors (Lipinski definition) is 4. The Balaban J connectivity index is 1.41. The van der Waals surface area contributed by atoms with Gasteiger partial charge < -0.3 is 19.5 Å². The molecule has 0 saturated carbocycles. The minimum Gasteiger partial charge on any atom is -0.497 e. The van der Waals surface area contributed by atoms with Crippen LogP contribution in [0.1, 0.15) is 23.9 Å². The average Bonchev–Trinajstić information content (AvgIpc) is 3.43. The normalized spacial score (nSPS) is 16.6. The number of carbonyl (C=O) groups excluding carboxylic acids is 2. The highest BCUT2D eigenvalue weighted by atomic mass is 16.5. The van der Waals surface area contributed by atoms with Crippen LogP contribution in [0.25, 0.3) is 11.0 Å². The van der Waals surface area contributed by atoms with Gasteiger partial charge in [-0.2, -0.15) is 0 Å². The van der Waals surface area contributed by atoms with Gasteiger partial charge in [-0.1, -0.05) is 42.5 Å². The molecule has 1 saturated heterocycles. The van der Waals surface area contributed by atoms with Gasteiger partial charge in [-0.05, 0) is 42.0 Å². The van der Waals surface area contributed by atoms with Gasteiger partial charge in [0.1, 0.15) is 17.6 Å². The van der Waals surface area contributed by atoms with Crippen LogP contribution in [0, 0.1) is 5.92 Å². The first-order chi connectivity index (χ1) is 16.5. The van der Waals surface area contributed by atoms with Crippen molar-refractivity contribution >= 4 is 28.5 Å². The number of nitrogens with zero attached hydrogens (tertiary/aromatic N) is 3. The molecule has 1 fully saturated rings. The number of methoxy groups -OCH3 is 1. The summed E-state index contributed by atoms with van der Waals surface area (Å²) in [5.74, 6) is 0.792. The second kappa shape index (κ2) is 9.02. The molecule has 7 heteroatoms. The van der Waals surface area contributed by atoms with Crippen molar-refractivity contribution in [3.63, 3.8) is 0 Å². The van der Waals surface area contributed by atoms with E-state index in [2.05, 4.69) is 5.32 Å². The number of hydrogen-bond donors (Lipinski definition) is 1. The lowest BCUT2D eigenvalue weighted by Crippen LogP contribution is -2.37. The van der Waals surface area contributed by atoms with E-state index in [9.17, 15) is 9.59 Å². The summed E-state index contributed by atoms with van der Waals surface area (Å²) in [6.07, 6.45) is 0.169. The van der Waals surface area contributed by atoms with E-state index in [0.29, 0.717) is 6.54 Å². The molecule has 5 rings (SSSR count). The van der Waals surface area contributed by atoms with Crippen LogP contribution in [-0.4, -0.2) is 35.0 Å². The fourth-order valence-electron chi connectivity index (χ4n) is 4.52. The molecular weight excluding hydrogens is 428 g/mol. The number of aromatic nitrogens is 2. The fraction of sp³-hybridized carbons (Fsp3) is 0.222. The summed E-state index contributed by atoms with van der Waals surface area (Å²) in [5.41, 5.74) is 3.56. The Kier molecular flexibility index (Phi) is 5.76. The number of amides is 2. The molecule has 2 atom stereocenters. The Morgan fingerprint density at radius 3 is 2.44 bits per heavy atom. The molecule has 2 heterocycles. The predicted molar refractivity (Wildman–Crippen MR) is 131 cm³/mol. The molecule has 0 radical (unpaired) electrons. The van der Waals surface area contributed by atoms with E-state index in [1.165, 1.54) is 0 Å². The molecular formula is C27H26N4O3. The van der Waals surface area contributed by atoms with Crippen molar-refractivity contribution in [2.45, 2.75) is 12.5 Å². The van der Waals surface area contributed by atoms with Crippen molar-refractivity contribution in [3.05, 3.63) is 90.3 Å². The second-order valence-corrected chi connectivity index (χ2v) is 8.47. The summed E-state index contributed by atoms with van der Waals surface area (Å²) in [6, 6.07) is 24.6. The quantitative estimate of drug-likeness (QED) is 0.480. The van der Waals surface area contributed by atoms with Crippen LogP contribution in [0.4, 0.5) is 5.69 Å². The minimum absolute atomic E-state index is 0.0655. The molecule has 1 aliphatic rings. The first-order valence-electron chi connectivity index (χ1n) is 11.3. The third-order valence-electron chi connectivity index (χ3n) is 6.38. The van der Waals surface area contributed by atoms with Crippen LogP contribution in [0.5, 0.6) is 5.75 Å². The van der Waals surface area contributed by atoms with E-state index in [-0.39, 0.29) is 18.2 Å². The van der Waals surface area contributed by atoms with Gasteiger partial charge in [-0.15, -0.1) is 0 Å². The highest BCUT2D eigenvalue weighted by Gasteiger charge is 2.36. The van der Waals surface area contributed by atoms with Gasteiger partial charge in [0, 0.05) is 25.7 Å². The molecule has 1 N–H and O–H groups in total. The molecule has 2 unspecified atom stereocenters. The third kappa shape index (κ3) is 4.01. The number of imidazole rings is 1. The molecule has 7 nitrogen and oxygen atoms in total. The number of rotatable bonds is 6. The number of aryl methyl sites for hydroxylation is 1. The van der Waals surface area contributed by atoms with E-state index >= 15 is 0 Å². The molecule has 2 amide bonds. The summed E-state index contributed by atoms with van der Waals surface area (Å²) in [6.45, 7) is 0.334. The molecule has 1 aromatic heterocycles. The van der Waals surface area contributed by atoms with Crippen molar-refractivity contribution in [2.24, 2.45) is 13.0 Å². The van der Waals surface area contributed by atoms with Crippen molar-refractivity contribution in [2.75, 3.05) is 18.6 Å². The van der Waals surface area contributed by atoms with Crippen LogP contribution in [0.3, 0.4) is 0 Å². The van der Waals surface area contributed by atoms with Crippen molar-refractivity contribution < 1.29 is 14.3 Å². The molecule has 172 valence electrons. The smallest absolute Gasteiger partial charge is 0.227 e. The van der Waals surface area contributed by atoms with E-state index in [1.54, 1.807) is 12.0 Å². The highest BCUT2D eigenvalue weighted by Crippen LogP contribution is 2.29. The molecule has 0 aliphatic carbocycles. The Hall–Kier alpha value is -4.13. The van der Waals surface area contributed by atoms with Crippen molar-refractivity contribution in [3.8, 4) is 5.75 Å². The molecule has 0 bridgehead atoms. The Morgan fingerprint density at radius 2 is 1.74 bits per heavy atom. The Labute approximate surface area is 198 Å². The van der Waals surface area contributed by atoms with Gasteiger partial charge in [0.25, 0.3) is 0 Å². The molecule has 0 spiro atoms. The minimum atomic E-state index is -0.449. The molecule has 3 aromatic carbocycles. The Bertz CT molecular complexity index is 1330. The summed E-state index contributed by atoms with van der Waals surface area (Å²) >= 11 is 0. The number of benzene rings is 3. The summed E-state index contributed by atoms with van der Waals surface area (Å²) in [5, 5.41) is 3.18. The molecule has 1 aliphatic heterocycles. The SMILES string of the molecule is COc1ccc(N2CC(C(=O)NC(c3ccccc3)c3nc4ccccc4n3C)CC2=O)cc1. The molecule has 34 heavy (non-hydrogen) atoms. The standard InChI is InChI=1S/C27H26N4O3/c1-30-23-11-7-6-10-22(23)28-26(30)25(18-8-4-3-5-9-18)29-27(33)19-16-24(32)31(17-19)20-12-14-21(34-2)15-13-20/h3-15,19,25H,16-17H2,1-2H3,(H,29,33). The predicted octanol–water partition coefficient (Wildman–Crippen LogP) is 3.84. The third-order valence-corrected chi connectivity index (χ3v) is 6.38. The van der Waals surface area contributed by atoms with Crippen LogP contribution >= 0.6 is 0 Å². The highest BCUT2D eigenvalue weighted by molar-refractivity contribution is 6.00. The van der Waals surface area contributed by atoms with Crippen molar-refractivity contribution in [1.82, 2.24) is 14.9 Å². The van der Waals surface area contributed by atoms with Crippen molar-refractivity contribution in [1.29, 1.82) is 0 Å². The number of carbonyl (C=O) groups is 2. The topological polar surface area (TPSA) is 76.5 Å². The maximum absolute atomic E-state index is 13.4. The summed E-state index contributed by atoms with van der Waals surface area (Å²) in [7, 11) is 3.56. The zero-order valence-corrected chi connectivity index (χ0v) is 19.1. The zero-order chi connectivity index (χ0) is 23.7. The van der Waals surface area contributed by atoms with Crippen LogP contribution in [-0.2, 0) is 16.6 Å². The van der Waals surface area contributed by atoms with E-state index in [0.717, 1.165) is 33.9 Å². The van der Waals surface area contributed by atoms with Crippen LogP contribution < -0.4 is 15.0 Å². The zero-order valence-electron chi connectivity index (χ0n) is 19.1. The number of fused-ring (bicyclic) bond motifs is 1.